The highest BCUT2D eigenvalue weighted by atomic mass is 15.1. The van der Waals surface area contributed by atoms with E-state index in [2.05, 4.69) is 25.8 Å². The smallest absolute Gasteiger partial charge is 0.0920 e. The standard InChI is InChI=1S/C14H31N3/c1-4-5-6-7-8-9-10-11-17(3)13(2)12-14(15)16/h13H,4-12H2,1-3H3,(H3,15,16). The second-order valence-electron chi connectivity index (χ2n) is 5.18. The Balaban J connectivity index is 3.38. The van der Waals surface area contributed by atoms with E-state index in [1.807, 2.05) is 0 Å². The number of nitrogens with two attached hydrogens (primary N) is 1. The van der Waals surface area contributed by atoms with Crippen LogP contribution in [0.25, 0.3) is 0 Å². The molecule has 0 fully saturated rings. The summed E-state index contributed by atoms with van der Waals surface area (Å²) in [7, 11) is 2.13. The minimum atomic E-state index is 0.295. The van der Waals surface area contributed by atoms with E-state index in [0.29, 0.717) is 18.3 Å². The fourth-order valence-electron chi connectivity index (χ4n) is 2.01. The fraction of sp³-hybridized carbons (Fsp3) is 0.929. The molecule has 0 bridgehead atoms. The summed E-state index contributed by atoms with van der Waals surface area (Å²) in [6.07, 6.45) is 10.2. The van der Waals surface area contributed by atoms with Crippen LogP contribution in [0.1, 0.15) is 65.2 Å². The first-order chi connectivity index (χ1) is 8.07. The number of nitrogens with zero attached hydrogens (tertiary/aromatic N) is 1. The van der Waals surface area contributed by atoms with Crippen molar-refractivity contribution in [3.8, 4) is 0 Å². The SMILES string of the molecule is CCCCCCCCCN(C)C(C)CC(=N)N. The molecular weight excluding hydrogens is 210 g/mol. The second-order valence-corrected chi connectivity index (χ2v) is 5.18. The number of nitrogens with one attached hydrogen (secondary N) is 1. The maximum Gasteiger partial charge on any atom is 0.0920 e. The average molecular weight is 241 g/mol. The molecule has 0 aliphatic carbocycles. The number of hydrogen-bond acceptors (Lipinski definition) is 2. The van der Waals surface area contributed by atoms with E-state index >= 15 is 0 Å². The van der Waals surface area contributed by atoms with E-state index in [0.717, 1.165) is 6.54 Å². The Morgan fingerprint density at radius 2 is 1.65 bits per heavy atom. The minimum Gasteiger partial charge on any atom is -0.388 e. The molecular formula is C14H31N3. The summed E-state index contributed by atoms with van der Waals surface area (Å²) in [4.78, 5) is 2.31. The van der Waals surface area contributed by atoms with E-state index < -0.39 is 0 Å². The highest BCUT2D eigenvalue weighted by Crippen LogP contribution is 2.08. The molecule has 3 N–H and O–H groups in total. The Labute approximate surface area is 107 Å². The maximum atomic E-state index is 7.28. The highest BCUT2D eigenvalue weighted by Gasteiger charge is 2.09. The lowest BCUT2D eigenvalue weighted by Gasteiger charge is -2.24. The van der Waals surface area contributed by atoms with E-state index in [4.69, 9.17) is 11.1 Å². The van der Waals surface area contributed by atoms with Crippen molar-refractivity contribution in [2.45, 2.75) is 71.3 Å². The predicted octanol–water partition coefficient (Wildman–Crippen LogP) is 3.38. The lowest BCUT2D eigenvalue weighted by Crippen LogP contribution is -2.33. The van der Waals surface area contributed by atoms with Gasteiger partial charge in [0.25, 0.3) is 0 Å². The van der Waals surface area contributed by atoms with Crippen molar-refractivity contribution in [3.63, 3.8) is 0 Å². The average Bonchev–Trinajstić information content (AvgIpc) is 2.26. The van der Waals surface area contributed by atoms with Gasteiger partial charge in [0.15, 0.2) is 0 Å². The molecule has 1 atom stereocenters. The van der Waals surface area contributed by atoms with Gasteiger partial charge in [-0.2, -0.15) is 0 Å². The molecule has 102 valence electrons. The van der Waals surface area contributed by atoms with Crippen molar-refractivity contribution in [3.05, 3.63) is 0 Å². The van der Waals surface area contributed by atoms with Crippen LogP contribution in [-0.2, 0) is 0 Å². The number of hydrogen-bond donors (Lipinski definition) is 2. The molecule has 0 spiro atoms. The third-order valence-corrected chi connectivity index (χ3v) is 3.38. The summed E-state index contributed by atoms with van der Waals surface area (Å²) in [5, 5.41) is 7.28. The zero-order valence-electron chi connectivity index (χ0n) is 12.0. The molecule has 0 heterocycles. The monoisotopic (exact) mass is 241 g/mol. The summed E-state index contributed by atoms with van der Waals surface area (Å²) >= 11 is 0. The Kier molecular flexibility index (Phi) is 10.2. The molecule has 0 rings (SSSR count). The third kappa shape index (κ3) is 10.3. The molecule has 1 unspecified atom stereocenters. The van der Waals surface area contributed by atoms with Crippen molar-refractivity contribution < 1.29 is 0 Å². The number of rotatable bonds is 11. The van der Waals surface area contributed by atoms with Crippen molar-refractivity contribution in [2.24, 2.45) is 5.73 Å². The number of unbranched alkanes of at least 4 members (excludes halogenated alkanes) is 6. The first-order valence-corrected chi connectivity index (χ1v) is 7.11. The van der Waals surface area contributed by atoms with Crippen LogP contribution in [0.2, 0.25) is 0 Å². The van der Waals surface area contributed by atoms with Crippen molar-refractivity contribution >= 4 is 5.84 Å². The molecule has 0 aromatic heterocycles. The van der Waals surface area contributed by atoms with E-state index in [-0.39, 0.29) is 0 Å². The first-order valence-electron chi connectivity index (χ1n) is 7.11. The molecule has 0 saturated carbocycles. The Hall–Kier alpha value is -0.570. The normalized spacial score (nSPS) is 12.9. The molecule has 3 heteroatoms. The molecule has 0 amide bonds. The quantitative estimate of drug-likeness (QED) is 0.331. The van der Waals surface area contributed by atoms with Gasteiger partial charge in [0.05, 0.1) is 5.84 Å². The van der Waals surface area contributed by atoms with Gasteiger partial charge in [0, 0.05) is 12.5 Å². The maximum absolute atomic E-state index is 7.28. The predicted molar refractivity (Wildman–Crippen MR) is 76.6 cm³/mol. The molecule has 0 aliphatic heterocycles. The molecule has 0 aromatic carbocycles. The van der Waals surface area contributed by atoms with Gasteiger partial charge in [-0.05, 0) is 26.9 Å². The largest absolute Gasteiger partial charge is 0.388 e. The van der Waals surface area contributed by atoms with Gasteiger partial charge >= 0.3 is 0 Å². The molecule has 17 heavy (non-hydrogen) atoms. The van der Waals surface area contributed by atoms with Gasteiger partial charge < -0.3 is 10.6 Å². The van der Waals surface area contributed by atoms with Gasteiger partial charge in [-0.25, -0.2) is 0 Å². The first kappa shape index (κ1) is 16.4. The molecule has 3 nitrogen and oxygen atoms in total. The topological polar surface area (TPSA) is 53.1 Å². The van der Waals surface area contributed by atoms with Crippen molar-refractivity contribution in [1.29, 1.82) is 5.41 Å². The van der Waals surface area contributed by atoms with Gasteiger partial charge in [0.2, 0.25) is 0 Å². The van der Waals surface area contributed by atoms with E-state index in [9.17, 15) is 0 Å². The van der Waals surface area contributed by atoms with Crippen LogP contribution >= 0.6 is 0 Å². The molecule has 0 aromatic rings. The summed E-state index contributed by atoms with van der Waals surface area (Å²) in [5.41, 5.74) is 5.41. The van der Waals surface area contributed by atoms with Gasteiger partial charge in [0.1, 0.15) is 0 Å². The summed E-state index contributed by atoms with van der Waals surface area (Å²) in [5.74, 6) is 0.295. The van der Waals surface area contributed by atoms with Crippen LogP contribution in [0.4, 0.5) is 0 Å². The van der Waals surface area contributed by atoms with Crippen LogP contribution in [0.5, 0.6) is 0 Å². The highest BCUT2D eigenvalue weighted by molar-refractivity contribution is 5.77. The van der Waals surface area contributed by atoms with E-state index in [1.54, 1.807) is 0 Å². The lowest BCUT2D eigenvalue weighted by molar-refractivity contribution is 0.256. The Morgan fingerprint density at radius 1 is 1.12 bits per heavy atom. The minimum absolute atomic E-state index is 0.295. The van der Waals surface area contributed by atoms with E-state index in [1.165, 1.54) is 44.9 Å². The second kappa shape index (κ2) is 10.6. The molecule has 0 saturated heterocycles. The zero-order valence-corrected chi connectivity index (χ0v) is 12.0. The van der Waals surface area contributed by atoms with Crippen LogP contribution in [0, 0.1) is 5.41 Å². The van der Waals surface area contributed by atoms with Crippen LogP contribution in [-0.4, -0.2) is 30.4 Å². The van der Waals surface area contributed by atoms with Gasteiger partial charge in [-0.15, -0.1) is 0 Å². The Bertz CT molecular complexity index is 192. The lowest BCUT2D eigenvalue weighted by atomic mass is 10.1. The number of amidine groups is 1. The van der Waals surface area contributed by atoms with Crippen LogP contribution in [0.3, 0.4) is 0 Å². The molecule has 0 radical (unpaired) electrons. The summed E-state index contributed by atoms with van der Waals surface area (Å²) < 4.78 is 0. The summed E-state index contributed by atoms with van der Waals surface area (Å²) in [6.45, 7) is 5.52. The van der Waals surface area contributed by atoms with Gasteiger partial charge in [-0.1, -0.05) is 45.4 Å². The fourth-order valence-corrected chi connectivity index (χ4v) is 2.01. The third-order valence-electron chi connectivity index (χ3n) is 3.38. The Morgan fingerprint density at radius 3 is 2.18 bits per heavy atom. The zero-order chi connectivity index (χ0) is 13.1. The van der Waals surface area contributed by atoms with Crippen LogP contribution < -0.4 is 5.73 Å². The van der Waals surface area contributed by atoms with Gasteiger partial charge in [-0.3, -0.25) is 5.41 Å². The van der Waals surface area contributed by atoms with Crippen molar-refractivity contribution in [2.75, 3.05) is 13.6 Å². The summed E-state index contributed by atoms with van der Waals surface area (Å²) in [6, 6.07) is 0.396. The van der Waals surface area contributed by atoms with Crippen molar-refractivity contribution in [1.82, 2.24) is 4.90 Å². The van der Waals surface area contributed by atoms with Crippen LogP contribution in [0.15, 0.2) is 0 Å². The molecule has 0 aliphatic rings.